The van der Waals surface area contributed by atoms with Crippen molar-refractivity contribution in [2.75, 3.05) is 7.11 Å². The number of benzene rings is 1. The van der Waals surface area contributed by atoms with Gasteiger partial charge >= 0.3 is 5.97 Å². The molecule has 0 spiro atoms. The maximum atomic E-state index is 12.6. The van der Waals surface area contributed by atoms with Gasteiger partial charge in [0.2, 0.25) is 0 Å². The monoisotopic (exact) mass is 359 g/mol. The summed E-state index contributed by atoms with van der Waals surface area (Å²) in [7, 11) is 1.58. The van der Waals surface area contributed by atoms with E-state index in [4.69, 9.17) is 9.84 Å². The highest BCUT2D eigenvalue weighted by Gasteiger charge is 2.32. The predicted octanol–water partition coefficient (Wildman–Crippen LogP) is 2.95. The molecule has 0 unspecified atom stereocenters. The van der Waals surface area contributed by atoms with E-state index in [-0.39, 0.29) is 18.0 Å². The number of hydrogen-bond acceptors (Lipinski definition) is 4. The molecule has 0 fully saturated rings. The van der Waals surface area contributed by atoms with Crippen LogP contribution in [-0.4, -0.2) is 39.4 Å². The molecular weight excluding hydrogens is 334 g/mol. The molecular formula is C19H25N3O4. The minimum Gasteiger partial charge on any atom is -0.494 e. The number of nitrogens with one attached hydrogen (secondary N) is 1. The highest BCUT2D eigenvalue weighted by atomic mass is 16.5. The molecule has 1 heterocycles. The minimum atomic E-state index is -0.941. The number of carboxylic acids is 1. The molecule has 0 saturated carbocycles. The van der Waals surface area contributed by atoms with E-state index in [9.17, 15) is 9.59 Å². The summed E-state index contributed by atoms with van der Waals surface area (Å²) in [5.41, 5.74) is 1.22. The molecule has 0 radical (unpaired) electrons. The Morgan fingerprint density at radius 2 is 1.96 bits per heavy atom. The number of carboxylic acid groups (broad SMARTS) is 1. The number of amides is 1. The number of carbonyl (C=O) groups excluding carboxylic acids is 1. The number of aromatic nitrogens is 2. The average Bonchev–Trinajstić information content (AvgIpc) is 3.10. The number of carbonyl (C=O) groups is 2. The second-order valence-electron chi connectivity index (χ2n) is 6.33. The van der Waals surface area contributed by atoms with Gasteiger partial charge in [0, 0.05) is 6.20 Å². The highest BCUT2D eigenvalue weighted by Crippen LogP contribution is 2.24. The lowest BCUT2D eigenvalue weighted by Gasteiger charge is -2.31. The Kier molecular flexibility index (Phi) is 6.02. The van der Waals surface area contributed by atoms with Crippen LogP contribution in [0.25, 0.3) is 5.69 Å². The standard InChI is InChI=1S/C19H25N3O4/c1-5-19(6-2,12-17(23)24)20-18(25)14-9-10-22(21-14)15-11-13(3)7-8-16(15)26-4/h7-11H,5-6,12H2,1-4H3,(H,20,25)(H,23,24). The van der Waals surface area contributed by atoms with Crippen molar-refractivity contribution in [3.05, 3.63) is 41.7 Å². The molecule has 0 aliphatic rings. The Balaban J connectivity index is 2.28. The summed E-state index contributed by atoms with van der Waals surface area (Å²) in [5.74, 6) is -0.683. The van der Waals surface area contributed by atoms with E-state index in [0.29, 0.717) is 18.6 Å². The first-order chi connectivity index (χ1) is 12.3. The van der Waals surface area contributed by atoms with Crippen LogP contribution in [0.2, 0.25) is 0 Å². The zero-order chi connectivity index (χ0) is 19.3. The molecule has 7 nitrogen and oxygen atoms in total. The van der Waals surface area contributed by atoms with E-state index in [0.717, 1.165) is 11.3 Å². The summed E-state index contributed by atoms with van der Waals surface area (Å²) in [5, 5.41) is 16.3. The van der Waals surface area contributed by atoms with Crippen molar-refractivity contribution in [2.45, 2.75) is 45.6 Å². The number of hydrogen-bond donors (Lipinski definition) is 2. The van der Waals surface area contributed by atoms with Gasteiger partial charge in [0.05, 0.1) is 19.1 Å². The van der Waals surface area contributed by atoms with E-state index in [1.54, 1.807) is 24.1 Å². The lowest BCUT2D eigenvalue weighted by Crippen LogP contribution is -2.49. The van der Waals surface area contributed by atoms with Gasteiger partial charge in [-0.25, -0.2) is 4.68 Å². The second kappa shape index (κ2) is 8.03. The molecule has 0 saturated heterocycles. The fourth-order valence-corrected chi connectivity index (χ4v) is 2.87. The molecule has 2 N–H and O–H groups in total. The van der Waals surface area contributed by atoms with E-state index >= 15 is 0 Å². The van der Waals surface area contributed by atoms with Crippen LogP contribution in [-0.2, 0) is 4.79 Å². The first-order valence-corrected chi connectivity index (χ1v) is 8.59. The normalized spacial score (nSPS) is 11.2. The fraction of sp³-hybridized carbons (Fsp3) is 0.421. The van der Waals surface area contributed by atoms with Gasteiger partial charge in [-0.05, 0) is 43.5 Å². The molecule has 0 aliphatic heterocycles. The van der Waals surface area contributed by atoms with E-state index in [2.05, 4.69) is 10.4 Å². The van der Waals surface area contributed by atoms with Crippen LogP contribution < -0.4 is 10.1 Å². The first-order valence-electron chi connectivity index (χ1n) is 8.59. The summed E-state index contributed by atoms with van der Waals surface area (Å²) >= 11 is 0. The maximum Gasteiger partial charge on any atom is 0.305 e. The van der Waals surface area contributed by atoms with Crippen LogP contribution in [0.1, 0.15) is 49.2 Å². The molecule has 2 aromatic rings. The van der Waals surface area contributed by atoms with Gasteiger partial charge in [0.15, 0.2) is 5.69 Å². The van der Waals surface area contributed by atoms with Crippen molar-refractivity contribution in [1.82, 2.24) is 15.1 Å². The first kappa shape index (κ1) is 19.5. The van der Waals surface area contributed by atoms with Crippen LogP contribution in [0.5, 0.6) is 5.75 Å². The van der Waals surface area contributed by atoms with Crippen LogP contribution in [0.3, 0.4) is 0 Å². The van der Waals surface area contributed by atoms with Gasteiger partial charge in [-0.1, -0.05) is 19.9 Å². The van der Waals surface area contributed by atoms with Crippen LogP contribution in [0.15, 0.2) is 30.5 Å². The van der Waals surface area contributed by atoms with Crippen LogP contribution in [0.4, 0.5) is 0 Å². The number of ether oxygens (including phenoxy) is 1. The summed E-state index contributed by atoms with van der Waals surface area (Å²) in [6.07, 6.45) is 2.60. The van der Waals surface area contributed by atoms with E-state index in [1.165, 1.54) is 0 Å². The molecule has 26 heavy (non-hydrogen) atoms. The Morgan fingerprint density at radius 3 is 2.54 bits per heavy atom. The zero-order valence-corrected chi connectivity index (χ0v) is 15.6. The van der Waals surface area contributed by atoms with Crippen LogP contribution in [0, 0.1) is 6.92 Å². The van der Waals surface area contributed by atoms with E-state index in [1.807, 2.05) is 39.0 Å². The van der Waals surface area contributed by atoms with Gasteiger partial charge in [0.1, 0.15) is 11.4 Å². The van der Waals surface area contributed by atoms with E-state index < -0.39 is 11.5 Å². The van der Waals surface area contributed by atoms with Crippen molar-refractivity contribution >= 4 is 11.9 Å². The SMILES string of the molecule is CCC(CC)(CC(=O)O)NC(=O)c1ccn(-c2cc(C)ccc2OC)n1. The summed E-state index contributed by atoms with van der Waals surface area (Å²) < 4.78 is 6.94. The molecule has 0 atom stereocenters. The predicted molar refractivity (Wildman–Crippen MR) is 97.9 cm³/mol. The van der Waals surface area contributed by atoms with Crippen molar-refractivity contribution in [2.24, 2.45) is 0 Å². The third-order valence-corrected chi connectivity index (χ3v) is 4.62. The van der Waals surface area contributed by atoms with Crippen molar-refractivity contribution in [3.8, 4) is 11.4 Å². The maximum absolute atomic E-state index is 12.6. The lowest BCUT2D eigenvalue weighted by atomic mass is 9.89. The number of aliphatic carboxylic acids is 1. The molecule has 7 heteroatoms. The minimum absolute atomic E-state index is 0.127. The Hall–Kier alpha value is -2.83. The summed E-state index contributed by atoms with van der Waals surface area (Å²) in [6.45, 7) is 5.69. The average molecular weight is 359 g/mol. The smallest absolute Gasteiger partial charge is 0.305 e. The molecule has 1 amide bonds. The third-order valence-electron chi connectivity index (χ3n) is 4.62. The zero-order valence-electron chi connectivity index (χ0n) is 15.6. The number of methoxy groups -OCH3 is 1. The Labute approximate surface area is 153 Å². The molecule has 2 rings (SSSR count). The molecule has 0 bridgehead atoms. The Morgan fingerprint density at radius 1 is 1.27 bits per heavy atom. The van der Waals surface area contributed by atoms with Gasteiger partial charge in [0.25, 0.3) is 5.91 Å². The van der Waals surface area contributed by atoms with Gasteiger partial charge < -0.3 is 15.2 Å². The number of aryl methyl sites for hydroxylation is 1. The van der Waals surface area contributed by atoms with Crippen molar-refractivity contribution < 1.29 is 19.4 Å². The lowest BCUT2D eigenvalue weighted by molar-refractivity contribution is -0.138. The number of nitrogens with zero attached hydrogens (tertiary/aromatic N) is 2. The number of rotatable bonds is 8. The summed E-state index contributed by atoms with van der Waals surface area (Å²) in [6, 6.07) is 7.30. The van der Waals surface area contributed by atoms with Crippen molar-refractivity contribution in [3.63, 3.8) is 0 Å². The fourth-order valence-electron chi connectivity index (χ4n) is 2.87. The van der Waals surface area contributed by atoms with Crippen LogP contribution >= 0.6 is 0 Å². The summed E-state index contributed by atoms with van der Waals surface area (Å²) in [4.78, 5) is 23.8. The third kappa shape index (κ3) is 4.22. The van der Waals surface area contributed by atoms with Gasteiger partial charge in [-0.15, -0.1) is 0 Å². The van der Waals surface area contributed by atoms with Crippen molar-refractivity contribution in [1.29, 1.82) is 0 Å². The largest absolute Gasteiger partial charge is 0.494 e. The highest BCUT2D eigenvalue weighted by molar-refractivity contribution is 5.93. The molecule has 1 aromatic heterocycles. The Bertz CT molecular complexity index is 794. The van der Waals surface area contributed by atoms with Gasteiger partial charge in [-0.2, -0.15) is 5.10 Å². The quantitative estimate of drug-likeness (QED) is 0.756. The van der Waals surface area contributed by atoms with Gasteiger partial charge in [-0.3, -0.25) is 9.59 Å². The molecule has 140 valence electrons. The molecule has 1 aromatic carbocycles. The topological polar surface area (TPSA) is 93.5 Å². The second-order valence-corrected chi connectivity index (χ2v) is 6.33. The molecule has 0 aliphatic carbocycles.